The zero-order valence-electron chi connectivity index (χ0n) is 8.60. The van der Waals surface area contributed by atoms with Crippen molar-refractivity contribution in [3.8, 4) is 18.1 Å². The molecule has 0 atom stereocenters. The molecule has 0 amide bonds. The summed E-state index contributed by atoms with van der Waals surface area (Å²) in [6, 6.07) is 2.03. The second-order valence-corrected chi connectivity index (χ2v) is 3.08. The maximum absolute atomic E-state index is 13.3. The van der Waals surface area contributed by atoms with Crippen molar-refractivity contribution in [3.63, 3.8) is 0 Å². The number of benzene rings is 1. The van der Waals surface area contributed by atoms with Crippen molar-refractivity contribution in [2.75, 3.05) is 0 Å². The van der Waals surface area contributed by atoms with Crippen molar-refractivity contribution < 1.29 is 13.5 Å². The van der Waals surface area contributed by atoms with Gasteiger partial charge in [0.25, 0.3) is 0 Å². The molecule has 0 aliphatic heterocycles. The summed E-state index contributed by atoms with van der Waals surface area (Å²) in [5, 5.41) is 7.54. The standard InChI is InChI=1S/C11H7F2N3O/c1-2-9-10(12)5-8(6-11(9)13)17-7-16-14-3-4-15-16/h1,3-6H,7H2. The van der Waals surface area contributed by atoms with E-state index in [2.05, 4.69) is 10.2 Å². The molecule has 6 heteroatoms. The van der Waals surface area contributed by atoms with Crippen molar-refractivity contribution in [2.24, 2.45) is 0 Å². The second-order valence-electron chi connectivity index (χ2n) is 3.08. The number of halogens is 2. The van der Waals surface area contributed by atoms with Crippen molar-refractivity contribution >= 4 is 0 Å². The number of aromatic nitrogens is 3. The molecule has 0 fully saturated rings. The van der Waals surface area contributed by atoms with Gasteiger partial charge in [-0.15, -0.1) is 11.2 Å². The van der Waals surface area contributed by atoms with Crippen LogP contribution in [0.2, 0.25) is 0 Å². The Morgan fingerprint density at radius 3 is 2.35 bits per heavy atom. The molecule has 1 aromatic carbocycles. The van der Waals surface area contributed by atoms with Gasteiger partial charge in [-0.1, -0.05) is 5.92 Å². The highest BCUT2D eigenvalue weighted by molar-refractivity contribution is 5.39. The molecule has 0 aliphatic carbocycles. The minimum atomic E-state index is -0.837. The monoisotopic (exact) mass is 235 g/mol. The fraction of sp³-hybridized carbons (Fsp3) is 0.0909. The Morgan fingerprint density at radius 1 is 1.24 bits per heavy atom. The van der Waals surface area contributed by atoms with Crippen LogP contribution in [0.4, 0.5) is 8.78 Å². The van der Waals surface area contributed by atoms with Crippen LogP contribution in [0, 0.1) is 24.0 Å². The fourth-order valence-corrected chi connectivity index (χ4v) is 1.21. The van der Waals surface area contributed by atoms with Gasteiger partial charge in [-0.25, -0.2) is 8.78 Å². The van der Waals surface area contributed by atoms with Crippen LogP contribution < -0.4 is 4.74 Å². The Morgan fingerprint density at radius 2 is 1.82 bits per heavy atom. The lowest BCUT2D eigenvalue weighted by atomic mass is 10.2. The quantitative estimate of drug-likeness (QED) is 0.758. The highest BCUT2D eigenvalue weighted by atomic mass is 19.1. The van der Waals surface area contributed by atoms with Crippen LogP contribution >= 0.6 is 0 Å². The van der Waals surface area contributed by atoms with Crippen LogP contribution in [0.15, 0.2) is 24.5 Å². The lowest BCUT2D eigenvalue weighted by molar-refractivity contribution is 0.201. The van der Waals surface area contributed by atoms with E-state index in [4.69, 9.17) is 11.2 Å². The predicted octanol–water partition coefficient (Wildman–Crippen LogP) is 1.57. The molecule has 2 aromatic rings. The number of ether oxygens (including phenoxy) is 1. The zero-order valence-corrected chi connectivity index (χ0v) is 8.60. The topological polar surface area (TPSA) is 39.9 Å². The Labute approximate surface area is 95.8 Å². The maximum Gasteiger partial charge on any atom is 0.199 e. The van der Waals surface area contributed by atoms with Crippen molar-refractivity contribution in [3.05, 3.63) is 41.7 Å². The van der Waals surface area contributed by atoms with Crippen LogP contribution in [-0.4, -0.2) is 15.0 Å². The van der Waals surface area contributed by atoms with Gasteiger partial charge in [0.15, 0.2) is 6.73 Å². The Kier molecular flexibility index (Phi) is 3.01. The van der Waals surface area contributed by atoms with E-state index in [0.717, 1.165) is 12.1 Å². The van der Waals surface area contributed by atoms with Gasteiger partial charge in [-0.3, -0.25) is 0 Å². The van der Waals surface area contributed by atoms with Gasteiger partial charge < -0.3 is 4.74 Å². The van der Waals surface area contributed by atoms with E-state index in [0.29, 0.717) is 0 Å². The molecule has 0 saturated heterocycles. The highest BCUT2D eigenvalue weighted by Gasteiger charge is 2.09. The number of rotatable bonds is 3. The van der Waals surface area contributed by atoms with Crippen molar-refractivity contribution in [2.45, 2.75) is 6.73 Å². The average molecular weight is 235 g/mol. The molecule has 0 bridgehead atoms. The number of terminal acetylenes is 1. The first-order valence-electron chi connectivity index (χ1n) is 4.63. The first-order chi connectivity index (χ1) is 8.20. The SMILES string of the molecule is C#Cc1c(F)cc(OCn2nccn2)cc1F. The third kappa shape index (κ3) is 2.39. The molecule has 1 heterocycles. The van der Waals surface area contributed by atoms with Crippen molar-refractivity contribution in [1.82, 2.24) is 15.0 Å². The molecule has 0 spiro atoms. The summed E-state index contributed by atoms with van der Waals surface area (Å²) in [7, 11) is 0. The number of nitrogens with zero attached hydrogens (tertiary/aromatic N) is 3. The van der Waals surface area contributed by atoms with Crippen LogP contribution in [-0.2, 0) is 6.73 Å². The smallest absolute Gasteiger partial charge is 0.199 e. The van der Waals surface area contributed by atoms with Gasteiger partial charge in [0.2, 0.25) is 0 Å². The van der Waals surface area contributed by atoms with Crippen LogP contribution in [0.25, 0.3) is 0 Å². The molecular weight excluding hydrogens is 228 g/mol. The Balaban J connectivity index is 2.15. The molecule has 0 aliphatic rings. The normalized spacial score (nSPS) is 9.94. The minimum absolute atomic E-state index is 0.0244. The highest BCUT2D eigenvalue weighted by Crippen LogP contribution is 2.20. The van der Waals surface area contributed by atoms with E-state index in [1.54, 1.807) is 0 Å². The summed E-state index contributed by atoms with van der Waals surface area (Å²) < 4.78 is 31.7. The lowest BCUT2D eigenvalue weighted by Gasteiger charge is -2.06. The molecular formula is C11H7F2N3O. The van der Waals surface area contributed by atoms with E-state index >= 15 is 0 Å². The van der Waals surface area contributed by atoms with Gasteiger partial charge in [0.1, 0.15) is 17.4 Å². The van der Waals surface area contributed by atoms with Gasteiger partial charge in [-0.2, -0.15) is 10.2 Å². The van der Waals surface area contributed by atoms with Gasteiger partial charge in [0.05, 0.1) is 18.0 Å². The van der Waals surface area contributed by atoms with E-state index in [1.807, 2.05) is 5.92 Å². The summed E-state index contributed by atoms with van der Waals surface area (Å²) in [5.41, 5.74) is -0.408. The molecule has 1 aromatic heterocycles. The van der Waals surface area contributed by atoms with Crippen LogP contribution in [0.1, 0.15) is 5.56 Å². The first-order valence-corrected chi connectivity index (χ1v) is 4.63. The number of hydrogen-bond acceptors (Lipinski definition) is 3. The molecule has 0 unspecified atom stereocenters. The number of hydrogen-bond donors (Lipinski definition) is 0. The van der Waals surface area contributed by atoms with Crippen molar-refractivity contribution in [1.29, 1.82) is 0 Å². The van der Waals surface area contributed by atoms with E-state index in [1.165, 1.54) is 17.2 Å². The minimum Gasteiger partial charge on any atom is -0.469 e. The first kappa shape index (κ1) is 11.1. The van der Waals surface area contributed by atoms with Gasteiger partial charge in [-0.05, 0) is 0 Å². The molecule has 0 saturated carbocycles. The molecule has 2 rings (SSSR count). The molecule has 0 radical (unpaired) electrons. The summed E-state index contributed by atoms with van der Waals surface area (Å²) in [6.07, 6.45) is 7.89. The molecule has 4 nitrogen and oxygen atoms in total. The van der Waals surface area contributed by atoms with Gasteiger partial charge in [0, 0.05) is 12.1 Å². The zero-order chi connectivity index (χ0) is 12.3. The molecule has 86 valence electrons. The lowest BCUT2D eigenvalue weighted by Crippen LogP contribution is -2.08. The van der Waals surface area contributed by atoms with Gasteiger partial charge >= 0.3 is 0 Å². The Hall–Kier alpha value is -2.42. The van der Waals surface area contributed by atoms with E-state index in [9.17, 15) is 8.78 Å². The third-order valence-electron chi connectivity index (χ3n) is 1.97. The maximum atomic E-state index is 13.3. The largest absolute Gasteiger partial charge is 0.469 e. The average Bonchev–Trinajstić information content (AvgIpc) is 2.79. The predicted molar refractivity (Wildman–Crippen MR) is 54.9 cm³/mol. The Bertz CT molecular complexity index is 538. The second kappa shape index (κ2) is 4.61. The summed E-state index contributed by atoms with van der Waals surface area (Å²) >= 11 is 0. The summed E-state index contributed by atoms with van der Waals surface area (Å²) in [5.74, 6) is 0.275. The van der Waals surface area contributed by atoms with E-state index < -0.39 is 17.2 Å². The molecule has 0 N–H and O–H groups in total. The van der Waals surface area contributed by atoms with E-state index in [-0.39, 0.29) is 12.5 Å². The van der Waals surface area contributed by atoms with Crippen LogP contribution in [0.3, 0.4) is 0 Å². The van der Waals surface area contributed by atoms with Crippen LogP contribution in [0.5, 0.6) is 5.75 Å². The fourth-order valence-electron chi connectivity index (χ4n) is 1.21. The summed E-state index contributed by atoms with van der Waals surface area (Å²) in [4.78, 5) is 1.23. The molecule has 17 heavy (non-hydrogen) atoms. The third-order valence-corrected chi connectivity index (χ3v) is 1.97. The summed E-state index contributed by atoms with van der Waals surface area (Å²) in [6.45, 7) is -0.0404.